The van der Waals surface area contributed by atoms with Crippen molar-refractivity contribution in [3.05, 3.63) is 36.5 Å². The summed E-state index contributed by atoms with van der Waals surface area (Å²) in [6, 6.07) is 0. The molecule has 0 radical (unpaired) electrons. The molecule has 0 aliphatic rings. The molecule has 9 heteroatoms. The summed E-state index contributed by atoms with van der Waals surface area (Å²) in [5, 5.41) is 9.78. The highest BCUT2D eigenvalue weighted by Gasteiger charge is 2.13. The first kappa shape index (κ1) is 65.5. The van der Waals surface area contributed by atoms with Crippen LogP contribution in [0.4, 0.5) is 0 Å². The lowest BCUT2D eigenvalue weighted by Gasteiger charge is -2.25. The van der Waals surface area contributed by atoms with Gasteiger partial charge in [-0.15, -0.1) is 0 Å². The smallest absolute Gasteiger partial charge is 0.305 e. The van der Waals surface area contributed by atoms with E-state index >= 15 is 0 Å². The minimum Gasteiger partial charge on any atom is -0.466 e. The van der Waals surface area contributed by atoms with E-state index in [0.717, 1.165) is 77.7 Å². The lowest BCUT2D eigenvalue weighted by atomic mass is 10.1. The molecule has 0 unspecified atom stereocenters. The van der Waals surface area contributed by atoms with Gasteiger partial charge in [0.15, 0.2) is 0 Å². The third-order valence-corrected chi connectivity index (χ3v) is 12.7. The number of nitrogens with zero attached hydrogens (tertiary/aromatic N) is 2. The molecule has 0 aliphatic heterocycles. The number of rotatable bonds is 54. The van der Waals surface area contributed by atoms with Crippen molar-refractivity contribution >= 4 is 17.9 Å². The van der Waals surface area contributed by atoms with Gasteiger partial charge in [0, 0.05) is 25.8 Å². The van der Waals surface area contributed by atoms with Gasteiger partial charge in [-0.3, -0.25) is 14.4 Å². The highest BCUT2D eigenvalue weighted by Crippen LogP contribution is 2.13. The van der Waals surface area contributed by atoms with E-state index < -0.39 is 0 Å². The molecule has 1 N–H and O–H groups in total. The second-order valence-electron chi connectivity index (χ2n) is 19.3. The molecule has 0 aromatic carbocycles. The van der Waals surface area contributed by atoms with Gasteiger partial charge in [-0.2, -0.15) is 0 Å². The number of aliphatic hydroxyl groups is 1. The monoisotopic (exact) mass is 959 g/mol. The number of aliphatic hydroxyl groups excluding tert-OH is 1. The highest BCUT2D eigenvalue weighted by molar-refractivity contribution is 5.70. The van der Waals surface area contributed by atoms with Gasteiger partial charge in [-0.1, -0.05) is 173 Å². The van der Waals surface area contributed by atoms with Crippen LogP contribution in [0.25, 0.3) is 0 Å². The molecule has 0 bridgehead atoms. The van der Waals surface area contributed by atoms with Crippen molar-refractivity contribution in [3.63, 3.8) is 0 Å². The highest BCUT2D eigenvalue weighted by atomic mass is 16.5. The topological polar surface area (TPSA) is 106 Å². The molecule has 68 heavy (non-hydrogen) atoms. The van der Waals surface area contributed by atoms with Crippen molar-refractivity contribution in [1.82, 2.24) is 9.80 Å². The van der Waals surface area contributed by atoms with E-state index in [9.17, 15) is 19.5 Å². The SMILES string of the molecule is CCCC/C=C\CCCCCCCCOC(=O)CCCN(CCO)CCCN(CCCC(=O)OCCCCCCCC/C=C\CCCC)CCCC(=O)OCCCCCCCC/C=C\CCCC. The quantitative estimate of drug-likeness (QED) is 0.0276. The number of carbonyl (C=O) groups is 3. The van der Waals surface area contributed by atoms with Gasteiger partial charge in [0.2, 0.25) is 0 Å². The van der Waals surface area contributed by atoms with Gasteiger partial charge in [0.1, 0.15) is 0 Å². The molecule has 0 heterocycles. The van der Waals surface area contributed by atoms with Crippen LogP contribution in [-0.2, 0) is 28.6 Å². The maximum atomic E-state index is 12.6. The number of ether oxygens (including phenoxy) is 3. The van der Waals surface area contributed by atoms with Crippen LogP contribution < -0.4 is 0 Å². The molecule has 0 aliphatic carbocycles. The van der Waals surface area contributed by atoms with Crippen molar-refractivity contribution < 1.29 is 33.7 Å². The van der Waals surface area contributed by atoms with Crippen LogP contribution in [0.5, 0.6) is 0 Å². The summed E-state index contributed by atoms with van der Waals surface area (Å²) in [4.78, 5) is 42.3. The van der Waals surface area contributed by atoms with E-state index in [1.807, 2.05) is 0 Å². The summed E-state index contributed by atoms with van der Waals surface area (Å²) in [5.74, 6) is -0.387. The van der Waals surface area contributed by atoms with Gasteiger partial charge < -0.3 is 29.1 Å². The van der Waals surface area contributed by atoms with Gasteiger partial charge in [0.05, 0.1) is 26.4 Å². The molecule has 0 atom stereocenters. The number of hydrogen-bond acceptors (Lipinski definition) is 9. The summed E-state index contributed by atoms with van der Waals surface area (Å²) in [6.07, 6.45) is 53.9. The fraction of sp³-hybridized carbons (Fsp3) is 0.847. The molecule has 0 rings (SSSR count). The van der Waals surface area contributed by atoms with Crippen LogP contribution in [0.2, 0.25) is 0 Å². The van der Waals surface area contributed by atoms with E-state index in [1.54, 1.807) is 0 Å². The van der Waals surface area contributed by atoms with E-state index in [4.69, 9.17) is 14.2 Å². The Morgan fingerprint density at radius 3 is 0.868 bits per heavy atom. The van der Waals surface area contributed by atoms with E-state index in [-0.39, 0.29) is 24.5 Å². The van der Waals surface area contributed by atoms with Crippen molar-refractivity contribution in [2.75, 3.05) is 65.7 Å². The average Bonchev–Trinajstić information content (AvgIpc) is 3.33. The normalized spacial score (nSPS) is 11.9. The number of hydrogen-bond donors (Lipinski definition) is 1. The number of esters is 3. The Labute approximate surface area is 420 Å². The van der Waals surface area contributed by atoms with Crippen molar-refractivity contribution in [2.45, 2.75) is 258 Å². The second-order valence-corrected chi connectivity index (χ2v) is 19.3. The zero-order valence-electron chi connectivity index (χ0n) is 45.0. The van der Waals surface area contributed by atoms with Crippen LogP contribution in [0.15, 0.2) is 36.5 Å². The zero-order valence-corrected chi connectivity index (χ0v) is 45.0. The van der Waals surface area contributed by atoms with Crippen molar-refractivity contribution in [1.29, 1.82) is 0 Å². The molecule has 0 fully saturated rings. The summed E-state index contributed by atoms with van der Waals surface area (Å²) >= 11 is 0. The Kier molecular flexibility index (Phi) is 53.4. The molecule has 9 nitrogen and oxygen atoms in total. The molecule has 0 spiro atoms. The molecule has 0 aromatic heterocycles. The first-order chi connectivity index (χ1) is 33.5. The van der Waals surface area contributed by atoms with Gasteiger partial charge >= 0.3 is 17.9 Å². The average molecular weight is 960 g/mol. The Bertz CT molecular complexity index is 1120. The van der Waals surface area contributed by atoms with Gasteiger partial charge in [0.25, 0.3) is 0 Å². The maximum absolute atomic E-state index is 12.6. The van der Waals surface area contributed by atoms with E-state index in [2.05, 4.69) is 67.0 Å². The summed E-state index contributed by atoms with van der Waals surface area (Å²) in [6.45, 7) is 12.7. The van der Waals surface area contributed by atoms with Crippen molar-refractivity contribution in [2.24, 2.45) is 0 Å². The molecule has 0 aromatic rings. The Hall–Kier alpha value is -2.49. The second kappa shape index (κ2) is 55.4. The first-order valence-corrected chi connectivity index (χ1v) is 28.9. The third-order valence-electron chi connectivity index (χ3n) is 12.7. The largest absolute Gasteiger partial charge is 0.466 e. The predicted octanol–water partition coefficient (Wildman–Crippen LogP) is 15.4. The Balaban J connectivity index is 4.56. The molecule has 0 amide bonds. The molecule has 0 saturated carbocycles. The number of carbonyl (C=O) groups excluding carboxylic acids is 3. The van der Waals surface area contributed by atoms with Crippen LogP contribution in [0.3, 0.4) is 0 Å². The predicted molar refractivity (Wildman–Crippen MR) is 288 cm³/mol. The molecular formula is C59H110N2O7. The summed E-state index contributed by atoms with van der Waals surface area (Å²) in [7, 11) is 0. The van der Waals surface area contributed by atoms with Crippen LogP contribution in [0, 0.1) is 0 Å². The summed E-state index contributed by atoms with van der Waals surface area (Å²) < 4.78 is 16.7. The number of unbranched alkanes of at least 4 members (excludes halogenated alkanes) is 24. The van der Waals surface area contributed by atoms with Gasteiger partial charge in [-0.05, 0) is 135 Å². The van der Waals surface area contributed by atoms with Crippen LogP contribution >= 0.6 is 0 Å². The maximum Gasteiger partial charge on any atom is 0.305 e. The lowest BCUT2D eigenvalue weighted by molar-refractivity contribution is -0.145. The minimum absolute atomic E-state index is 0.0716. The fourth-order valence-electron chi connectivity index (χ4n) is 8.33. The minimum atomic E-state index is -0.133. The van der Waals surface area contributed by atoms with Gasteiger partial charge in [-0.25, -0.2) is 0 Å². The van der Waals surface area contributed by atoms with E-state index in [1.165, 1.54) is 154 Å². The lowest BCUT2D eigenvalue weighted by Crippen LogP contribution is -2.34. The fourth-order valence-corrected chi connectivity index (χ4v) is 8.33. The third kappa shape index (κ3) is 51.4. The van der Waals surface area contributed by atoms with Crippen LogP contribution in [0.1, 0.15) is 258 Å². The van der Waals surface area contributed by atoms with Crippen LogP contribution in [-0.4, -0.2) is 98.5 Å². The number of allylic oxidation sites excluding steroid dienone is 6. The zero-order chi connectivity index (χ0) is 49.5. The van der Waals surface area contributed by atoms with Crippen molar-refractivity contribution in [3.8, 4) is 0 Å². The Morgan fingerprint density at radius 2 is 0.574 bits per heavy atom. The summed E-state index contributed by atoms with van der Waals surface area (Å²) in [5.41, 5.74) is 0. The molecular weight excluding hydrogens is 849 g/mol. The Morgan fingerprint density at radius 1 is 0.324 bits per heavy atom. The van der Waals surface area contributed by atoms with E-state index in [0.29, 0.717) is 64.9 Å². The molecule has 0 saturated heterocycles. The molecule has 398 valence electrons. The first-order valence-electron chi connectivity index (χ1n) is 28.9. The standard InChI is InChI=1S/C59H110N2O7/c1-4-7-10-13-16-19-22-25-28-31-34-37-54-66-57(63)44-40-47-60(48-41-45-58(64)67-55-38-35-32-29-26-23-20-17-14-11-8-5-2)50-43-51-61(52-53-62)49-42-46-59(65)68-56-39-36-33-30-27-24-21-18-15-12-9-6-3/h13-18,62H,4-12,19-56H2,1-3H3/b16-13-,17-14-,18-15-.